The van der Waals surface area contributed by atoms with Gasteiger partial charge in [0, 0.05) is 0 Å². The number of hydrazine groups is 1. The Bertz CT molecular complexity index is 435. The van der Waals surface area contributed by atoms with E-state index >= 15 is 0 Å². The van der Waals surface area contributed by atoms with Crippen molar-refractivity contribution in [2.45, 2.75) is 23.6 Å². The number of allylic oxidation sites excluding steroid dienone is 12. The number of hydrogen-bond acceptors (Lipinski definition) is 3. The highest BCUT2D eigenvalue weighted by Gasteiger charge is 2.26. The average molecular weight is 298 g/mol. The van der Waals surface area contributed by atoms with Crippen LogP contribution in [0.3, 0.4) is 0 Å². The molecule has 0 aromatic rings. The Labute approximate surface area is 131 Å². The van der Waals surface area contributed by atoms with Crippen LogP contribution in [0.15, 0.2) is 72.9 Å². The molecule has 110 valence electrons. The van der Waals surface area contributed by atoms with Crippen LogP contribution in [-0.2, 0) is 0 Å². The largest absolute Gasteiger partial charge is 0.244 e. The fourth-order valence-electron chi connectivity index (χ4n) is 2.70. The molecule has 1 fully saturated rings. The first-order valence-corrected chi connectivity index (χ1v) is 8.54. The first-order valence-electron chi connectivity index (χ1n) is 7.60. The maximum atomic E-state index is 3.44. The summed E-state index contributed by atoms with van der Waals surface area (Å²) in [5.74, 6) is 1.04. The minimum atomic E-state index is 0.476. The average Bonchev–Trinajstić information content (AvgIpc) is 2.71. The maximum absolute atomic E-state index is 3.44. The van der Waals surface area contributed by atoms with Crippen molar-refractivity contribution < 1.29 is 0 Å². The highest BCUT2D eigenvalue weighted by Crippen LogP contribution is 2.30. The van der Waals surface area contributed by atoms with Gasteiger partial charge in [0.15, 0.2) is 0 Å². The van der Waals surface area contributed by atoms with Crippen LogP contribution in [-0.4, -0.2) is 10.7 Å². The molecule has 2 unspecified atom stereocenters. The minimum absolute atomic E-state index is 0.476. The summed E-state index contributed by atoms with van der Waals surface area (Å²) in [6.45, 7) is 0. The molecule has 0 bridgehead atoms. The van der Waals surface area contributed by atoms with Crippen molar-refractivity contribution in [2.75, 3.05) is 0 Å². The molecule has 2 nitrogen and oxygen atoms in total. The second-order valence-electron chi connectivity index (χ2n) is 5.51. The Morgan fingerprint density at radius 3 is 1.33 bits per heavy atom. The number of thioether (sulfide) groups is 1. The molecular weight excluding hydrogens is 276 g/mol. The molecule has 3 rings (SSSR count). The molecule has 0 saturated carbocycles. The third-order valence-electron chi connectivity index (χ3n) is 3.81. The molecule has 3 aliphatic rings. The van der Waals surface area contributed by atoms with Crippen molar-refractivity contribution >= 4 is 11.8 Å². The smallest absolute Gasteiger partial charge is 0.0691 e. The van der Waals surface area contributed by atoms with Crippen molar-refractivity contribution in [1.29, 1.82) is 0 Å². The number of rotatable bonds is 4. The van der Waals surface area contributed by atoms with Crippen molar-refractivity contribution in [1.82, 2.24) is 10.9 Å². The Morgan fingerprint density at radius 1 is 0.571 bits per heavy atom. The van der Waals surface area contributed by atoms with E-state index in [4.69, 9.17) is 0 Å². The van der Waals surface area contributed by atoms with E-state index in [0.29, 0.717) is 22.6 Å². The van der Waals surface area contributed by atoms with Crippen LogP contribution in [0.25, 0.3) is 0 Å². The second kappa shape index (κ2) is 7.64. The van der Waals surface area contributed by atoms with Gasteiger partial charge in [-0.25, -0.2) is 10.9 Å². The van der Waals surface area contributed by atoms with E-state index in [-0.39, 0.29) is 0 Å². The summed E-state index contributed by atoms with van der Waals surface area (Å²) in [6.07, 6.45) is 28.3. The molecule has 0 aromatic heterocycles. The normalized spacial score (nSPS) is 29.1. The van der Waals surface area contributed by atoms with Crippen molar-refractivity contribution in [3.8, 4) is 0 Å². The van der Waals surface area contributed by atoms with Crippen LogP contribution < -0.4 is 10.9 Å². The third kappa shape index (κ3) is 4.60. The highest BCUT2D eigenvalue weighted by atomic mass is 32.2. The zero-order valence-electron chi connectivity index (χ0n) is 12.1. The first kappa shape index (κ1) is 14.6. The van der Waals surface area contributed by atoms with Gasteiger partial charge in [-0.15, -0.1) is 11.8 Å². The quantitative estimate of drug-likeness (QED) is 0.824. The molecule has 0 amide bonds. The first-order chi connectivity index (χ1) is 10.4. The van der Waals surface area contributed by atoms with Crippen molar-refractivity contribution in [3.63, 3.8) is 0 Å². The summed E-state index contributed by atoms with van der Waals surface area (Å²) in [7, 11) is 0. The number of hydrogen-bond donors (Lipinski definition) is 2. The third-order valence-corrected chi connectivity index (χ3v) is 5.08. The topological polar surface area (TPSA) is 24.1 Å². The molecule has 2 aliphatic carbocycles. The van der Waals surface area contributed by atoms with E-state index in [1.807, 2.05) is 11.8 Å². The van der Waals surface area contributed by atoms with Gasteiger partial charge < -0.3 is 0 Å². The van der Waals surface area contributed by atoms with Crippen molar-refractivity contribution in [3.05, 3.63) is 72.9 Å². The van der Waals surface area contributed by atoms with E-state index in [0.717, 1.165) is 12.8 Å². The SMILES string of the molecule is C1=CC=CC(CC2NNC(CC3C=CC=CC=C3)S2)C=C1. The van der Waals surface area contributed by atoms with Gasteiger partial charge in [0.2, 0.25) is 0 Å². The van der Waals surface area contributed by atoms with Crippen LogP contribution in [0.4, 0.5) is 0 Å². The van der Waals surface area contributed by atoms with Gasteiger partial charge in [0.25, 0.3) is 0 Å². The second-order valence-corrected chi connectivity index (χ2v) is 6.92. The lowest BCUT2D eigenvalue weighted by Crippen LogP contribution is -2.34. The van der Waals surface area contributed by atoms with Gasteiger partial charge >= 0.3 is 0 Å². The van der Waals surface area contributed by atoms with Gasteiger partial charge in [-0.2, -0.15) is 0 Å². The van der Waals surface area contributed by atoms with E-state index < -0.39 is 0 Å². The summed E-state index contributed by atoms with van der Waals surface area (Å²) in [6, 6.07) is 0. The fraction of sp³-hybridized carbons (Fsp3) is 0.333. The Hall–Kier alpha value is -1.29. The molecule has 2 N–H and O–H groups in total. The maximum Gasteiger partial charge on any atom is 0.0691 e. The molecule has 3 heteroatoms. The monoisotopic (exact) mass is 298 g/mol. The Kier molecular flexibility index (Phi) is 5.33. The molecule has 2 atom stereocenters. The summed E-state index contributed by atoms with van der Waals surface area (Å²) in [5.41, 5.74) is 6.88. The van der Waals surface area contributed by atoms with Gasteiger partial charge in [0.05, 0.1) is 10.7 Å². The molecule has 21 heavy (non-hydrogen) atoms. The summed E-state index contributed by atoms with van der Waals surface area (Å²) in [4.78, 5) is 0. The standard InChI is InChI=1S/C18H22N2S/c1-2-6-10-15(9-5-1)13-17-19-20-18(21-17)14-16-11-7-3-4-8-12-16/h1-12,15-20H,13-14H2. The lowest BCUT2D eigenvalue weighted by atomic mass is 10.1. The van der Waals surface area contributed by atoms with Crippen LogP contribution in [0, 0.1) is 11.8 Å². The fourth-order valence-corrected chi connectivity index (χ4v) is 4.04. The zero-order chi connectivity index (χ0) is 14.3. The van der Waals surface area contributed by atoms with Gasteiger partial charge in [-0.3, -0.25) is 0 Å². The summed E-state index contributed by atoms with van der Waals surface area (Å²) < 4.78 is 0. The van der Waals surface area contributed by atoms with Crippen LogP contribution in [0.2, 0.25) is 0 Å². The molecule has 0 spiro atoms. The predicted molar refractivity (Wildman–Crippen MR) is 92.5 cm³/mol. The molecule has 1 aliphatic heterocycles. The number of nitrogens with one attached hydrogen (secondary N) is 2. The van der Waals surface area contributed by atoms with E-state index in [2.05, 4.69) is 83.8 Å². The van der Waals surface area contributed by atoms with Crippen LogP contribution in [0.5, 0.6) is 0 Å². The summed E-state index contributed by atoms with van der Waals surface area (Å²) >= 11 is 2.01. The summed E-state index contributed by atoms with van der Waals surface area (Å²) in [5, 5.41) is 0.952. The molecular formula is C18H22N2S. The van der Waals surface area contributed by atoms with Crippen molar-refractivity contribution in [2.24, 2.45) is 11.8 Å². The molecule has 1 heterocycles. The highest BCUT2D eigenvalue weighted by molar-refractivity contribution is 8.00. The zero-order valence-corrected chi connectivity index (χ0v) is 12.9. The molecule has 0 radical (unpaired) electrons. The molecule has 0 aromatic carbocycles. The van der Waals surface area contributed by atoms with E-state index in [1.165, 1.54) is 0 Å². The van der Waals surface area contributed by atoms with Gasteiger partial charge in [-0.05, 0) is 24.7 Å². The Balaban J connectivity index is 1.47. The molecule has 1 saturated heterocycles. The van der Waals surface area contributed by atoms with Crippen LogP contribution >= 0.6 is 11.8 Å². The lowest BCUT2D eigenvalue weighted by molar-refractivity contribution is 0.479. The van der Waals surface area contributed by atoms with E-state index in [9.17, 15) is 0 Å². The van der Waals surface area contributed by atoms with Gasteiger partial charge in [0.1, 0.15) is 0 Å². The van der Waals surface area contributed by atoms with Crippen LogP contribution in [0.1, 0.15) is 12.8 Å². The van der Waals surface area contributed by atoms with E-state index in [1.54, 1.807) is 0 Å². The lowest BCUT2D eigenvalue weighted by Gasteiger charge is -2.14. The predicted octanol–water partition coefficient (Wildman–Crippen LogP) is 3.86. The minimum Gasteiger partial charge on any atom is -0.244 e. The van der Waals surface area contributed by atoms with Gasteiger partial charge in [-0.1, -0.05) is 72.9 Å². The Morgan fingerprint density at radius 2 is 0.952 bits per heavy atom.